The highest BCUT2D eigenvalue weighted by Gasteiger charge is 2.42. The Morgan fingerprint density at radius 2 is 1.95 bits per heavy atom. The van der Waals surface area contributed by atoms with Crippen LogP contribution in [0.15, 0.2) is 0 Å². The summed E-state index contributed by atoms with van der Waals surface area (Å²) in [7, 11) is 0. The highest BCUT2D eigenvalue weighted by molar-refractivity contribution is 5.77. The summed E-state index contributed by atoms with van der Waals surface area (Å²) in [4.78, 5) is 23.3. The van der Waals surface area contributed by atoms with E-state index in [0.717, 1.165) is 25.7 Å². The van der Waals surface area contributed by atoms with Crippen LogP contribution in [0.4, 0.5) is 0 Å². The number of carboxylic acids is 1. The molecular weight excluding hydrogens is 248 g/mol. The van der Waals surface area contributed by atoms with Gasteiger partial charge in [0, 0.05) is 6.54 Å². The Morgan fingerprint density at radius 1 is 1.26 bits per heavy atom. The number of amides is 1. The summed E-state index contributed by atoms with van der Waals surface area (Å²) < 4.78 is 6.12. The van der Waals surface area contributed by atoms with Crippen molar-refractivity contribution in [3.05, 3.63) is 0 Å². The predicted molar refractivity (Wildman–Crippen MR) is 68.6 cm³/mol. The first-order valence-corrected chi connectivity index (χ1v) is 6.89. The zero-order chi connectivity index (χ0) is 13.9. The maximum absolute atomic E-state index is 11.0. The first-order valence-electron chi connectivity index (χ1n) is 6.89. The molecule has 108 valence electrons. The summed E-state index contributed by atoms with van der Waals surface area (Å²) in [5, 5.41) is 8.84. The van der Waals surface area contributed by atoms with Crippen LogP contribution in [-0.2, 0) is 14.3 Å². The first-order chi connectivity index (χ1) is 8.99. The topological polar surface area (TPSA) is 92.9 Å². The first kappa shape index (κ1) is 14.3. The highest BCUT2D eigenvalue weighted by atomic mass is 16.5. The molecule has 2 aliphatic rings. The van der Waals surface area contributed by atoms with Crippen molar-refractivity contribution < 1.29 is 19.4 Å². The molecule has 0 aromatic rings. The Balaban J connectivity index is 1.87. The van der Waals surface area contributed by atoms with Crippen molar-refractivity contribution in [3.63, 3.8) is 0 Å². The third-order valence-corrected chi connectivity index (χ3v) is 4.05. The van der Waals surface area contributed by atoms with Gasteiger partial charge in [-0.3, -0.25) is 14.5 Å². The molecule has 1 heterocycles. The second-order valence-corrected chi connectivity index (χ2v) is 5.70. The summed E-state index contributed by atoms with van der Waals surface area (Å²) in [5.74, 6) is -1.45. The fourth-order valence-electron chi connectivity index (χ4n) is 3.30. The van der Waals surface area contributed by atoms with Crippen LogP contribution in [0.5, 0.6) is 0 Å². The van der Waals surface area contributed by atoms with E-state index in [-0.39, 0.29) is 24.8 Å². The van der Waals surface area contributed by atoms with Crippen LogP contribution < -0.4 is 5.73 Å². The van der Waals surface area contributed by atoms with E-state index in [1.807, 2.05) is 0 Å². The molecule has 0 aromatic heterocycles. The van der Waals surface area contributed by atoms with Gasteiger partial charge in [-0.15, -0.1) is 0 Å². The minimum Gasteiger partial charge on any atom is -0.480 e. The number of ether oxygens (including phenoxy) is 1. The molecule has 0 bridgehead atoms. The molecule has 2 fully saturated rings. The van der Waals surface area contributed by atoms with Crippen LogP contribution >= 0.6 is 0 Å². The molecule has 6 nitrogen and oxygen atoms in total. The van der Waals surface area contributed by atoms with Crippen molar-refractivity contribution in [3.8, 4) is 0 Å². The zero-order valence-electron chi connectivity index (χ0n) is 11.1. The van der Waals surface area contributed by atoms with Crippen molar-refractivity contribution >= 4 is 11.9 Å². The van der Waals surface area contributed by atoms with Gasteiger partial charge in [-0.1, -0.05) is 12.8 Å². The molecule has 3 N–H and O–H groups in total. The summed E-state index contributed by atoms with van der Waals surface area (Å²) in [6.07, 6.45) is 6.66. The van der Waals surface area contributed by atoms with Gasteiger partial charge in [0.1, 0.15) is 0 Å². The molecule has 0 aromatic carbocycles. The van der Waals surface area contributed by atoms with Gasteiger partial charge in [-0.2, -0.15) is 0 Å². The third-order valence-electron chi connectivity index (χ3n) is 4.05. The molecule has 6 heteroatoms. The summed E-state index contributed by atoms with van der Waals surface area (Å²) >= 11 is 0. The van der Waals surface area contributed by atoms with Gasteiger partial charge in [-0.25, -0.2) is 0 Å². The van der Waals surface area contributed by atoms with Crippen LogP contribution in [0, 0.1) is 0 Å². The normalized spacial score (nSPS) is 25.2. The Morgan fingerprint density at radius 3 is 2.53 bits per heavy atom. The van der Waals surface area contributed by atoms with Crippen LogP contribution in [0.3, 0.4) is 0 Å². The van der Waals surface area contributed by atoms with E-state index in [4.69, 9.17) is 15.6 Å². The number of carboxylic acid groups (broad SMARTS) is 1. The van der Waals surface area contributed by atoms with Gasteiger partial charge < -0.3 is 15.6 Å². The third kappa shape index (κ3) is 3.91. The Bertz CT molecular complexity index is 337. The van der Waals surface area contributed by atoms with Gasteiger partial charge in [0.25, 0.3) is 0 Å². The number of nitrogens with zero attached hydrogens (tertiary/aromatic N) is 1. The van der Waals surface area contributed by atoms with Gasteiger partial charge in [0.05, 0.1) is 24.8 Å². The SMILES string of the molecule is NC(=O)CN(CC(=O)O)CC1CCC2(CCCC2)O1. The molecule has 19 heavy (non-hydrogen) atoms. The molecule has 0 radical (unpaired) electrons. The standard InChI is InChI=1S/C13H22N2O4/c14-11(16)8-15(9-12(17)18)7-10-3-6-13(19-10)4-1-2-5-13/h10H,1-9H2,(H2,14,16)(H,17,18). The second-order valence-electron chi connectivity index (χ2n) is 5.70. The molecule has 1 aliphatic carbocycles. The fraction of sp³-hybridized carbons (Fsp3) is 0.846. The van der Waals surface area contributed by atoms with Crippen LogP contribution in [0.2, 0.25) is 0 Å². The number of aliphatic carboxylic acids is 1. The summed E-state index contributed by atoms with van der Waals surface area (Å²) in [6.45, 7) is 0.270. The fourth-order valence-corrected chi connectivity index (χ4v) is 3.30. The number of rotatable bonds is 6. The molecular formula is C13H22N2O4. The second kappa shape index (κ2) is 5.88. The van der Waals surface area contributed by atoms with E-state index in [2.05, 4.69) is 0 Å². The molecule has 2 rings (SSSR count). The lowest BCUT2D eigenvalue weighted by molar-refractivity contribution is -0.139. The van der Waals surface area contributed by atoms with Crippen molar-refractivity contribution in [2.24, 2.45) is 5.73 Å². The van der Waals surface area contributed by atoms with E-state index >= 15 is 0 Å². The maximum atomic E-state index is 11.0. The van der Waals surface area contributed by atoms with Gasteiger partial charge in [0.15, 0.2) is 0 Å². The van der Waals surface area contributed by atoms with Crippen molar-refractivity contribution in [1.29, 1.82) is 0 Å². The number of nitrogens with two attached hydrogens (primary N) is 1. The van der Waals surface area contributed by atoms with E-state index < -0.39 is 11.9 Å². The van der Waals surface area contributed by atoms with Gasteiger partial charge >= 0.3 is 5.97 Å². The Labute approximate surface area is 112 Å². The monoisotopic (exact) mass is 270 g/mol. The minimum absolute atomic E-state index is 0.0248. The van der Waals surface area contributed by atoms with Crippen LogP contribution in [0.1, 0.15) is 38.5 Å². The van der Waals surface area contributed by atoms with E-state index in [1.165, 1.54) is 12.8 Å². The number of hydrogen-bond acceptors (Lipinski definition) is 4. The molecule has 1 unspecified atom stereocenters. The van der Waals surface area contributed by atoms with Crippen molar-refractivity contribution in [1.82, 2.24) is 4.90 Å². The average Bonchev–Trinajstić information content (AvgIpc) is 2.88. The molecule has 1 saturated carbocycles. The number of carbonyl (C=O) groups excluding carboxylic acids is 1. The zero-order valence-corrected chi connectivity index (χ0v) is 11.1. The van der Waals surface area contributed by atoms with E-state index in [1.54, 1.807) is 4.90 Å². The maximum Gasteiger partial charge on any atom is 0.317 e. The number of carbonyl (C=O) groups is 2. The molecule has 1 saturated heterocycles. The highest BCUT2D eigenvalue weighted by Crippen LogP contribution is 2.43. The Kier molecular flexibility index (Phi) is 4.42. The smallest absolute Gasteiger partial charge is 0.317 e. The largest absolute Gasteiger partial charge is 0.480 e. The summed E-state index contributed by atoms with van der Waals surface area (Å²) in [5.41, 5.74) is 5.18. The van der Waals surface area contributed by atoms with E-state index in [9.17, 15) is 9.59 Å². The number of primary amides is 1. The molecule has 1 aliphatic heterocycles. The van der Waals surface area contributed by atoms with E-state index in [0.29, 0.717) is 6.54 Å². The quantitative estimate of drug-likeness (QED) is 0.726. The summed E-state index contributed by atoms with van der Waals surface area (Å²) in [6, 6.07) is 0. The van der Waals surface area contributed by atoms with Gasteiger partial charge in [0.2, 0.25) is 5.91 Å². The Hall–Kier alpha value is -1.14. The van der Waals surface area contributed by atoms with Crippen molar-refractivity contribution in [2.75, 3.05) is 19.6 Å². The average molecular weight is 270 g/mol. The lowest BCUT2D eigenvalue weighted by Gasteiger charge is -2.26. The van der Waals surface area contributed by atoms with Crippen molar-refractivity contribution in [2.45, 2.75) is 50.2 Å². The number of hydrogen-bond donors (Lipinski definition) is 2. The van der Waals surface area contributed by atoms with Crippen LogP contribution in [-0.4, -0.2) is 53.2 Å². The van der Waals surface area contributed by atoms with Crippen LogP contribution in [0.25, 0.3) is 0 Å². The molecule has 1 atom stereocenters. The predicted octanol–water partition coefficient (Wildman–Crippen LogP) is 0.350. The lowest BCUT2D eigenvalue weighted by Crippen LogP contribution is -2.42. The minimum atomic E-state index is -0.949. The molecule has 1 spiro atoms. The lowest BCUT2D eigenvalue weighted by atomic mass is 9.98. The van der Waals surface area contributed by atoms with Gasteiger partial charge in [-0.05, 0) is 25.7 Å². The molecule has 1 amide bonds.